The highest BCUT2D eigenvalue weighted by Gasteiger charge is 2.35. The number of carbonyl (C=O) groups excluding carboxylic acids is 5. The summed E-state index contributed by atoms with van der Waals surface area (Å²) >= 11 is 0. The zero-order chi connectivity index (χ0) is 31.0. The molecule has 0 aromatic heterocycles. The van der Waals surface area contributed by atoms with Crippen molar-refractivity contribution in [3.05, 3.63) is 29.8 Å². The van der Waals surface area contributed by atoms with Crippen LogP contribution in [0.15, 0.2) is 24.3 Å². The van der Waals surface area contributed by atoms with Gasteiger partial charge in [-0.3, -0.25) is 24.0 Å². The molecule has 11 nitrogen and oxygen atoms in total. The van der Waals surface area contributed by atoms with E-state index in [0.717, 1.165) is 24.8 Å². The van der Waals surface area contributed by atoms with Crippen molar-refractivity contribution in [1.29, 1.82) is 0 Å². The molecule has 11 heteroatoms. The third kappa shape index (κ3) is 9.19. The highest BCUT2D eigenvalue weighted by atomic mass is 16.5. The quantitative estimate of drug-likeness (QED) is 0.382. The Balaban J connectivity index is 1.94. The normalized spacial score (nSPS) is 25.0. The van der Waals surface area contributed by atoms with E-state index >= 15 is 0 Å². The molecule has 2 fully saturated rings. The summed E-state index contributed by atoms with van der Waals surface area (Å²) < 4.78 is 5.22. The summed E-state index contributed by atoms with van der Waals surface area (Å²) in [4.78, 5) is 68.4. The number of hydrogen-bond donors (Lipinski definition) is 4. The standard InChI is InChI=1S/C31H47N5O6/c1-18(2)14-24-30(40)34-25(15-21-10-12-23(42-6)13-11-21)29(39)32-20(5)28(38)35-26(19(3)4)16-36(17-27(37)33-24)31(41)22-8-7-9-22/h10-13,18-20,22,24-26H,7-9,14-17H2,1-6H3,(H,32,39)(H,33,37)(H,34,40)(H,35,38)/t20-,24+,25+,26-/m1/s1. The number of nitrogens with zero attached hydrogens (tertiary/aromatic N) is 1. The smallest absolute Gasteiger partial charge is 0.243 e. The number of carbonyl (C=O) groups is 5. The molecule has 1 aliphatic carbocycles. The summed E-state index contributed by atoms with van der Waals surface area (Å²) in [5, 5.41) is 11.4. The maximum absolute atomic E-state index is 13.6. The van der Waals surface area contributed by atoms with Crippen LogP contribution in [0.1, 0.15) is 65.9 Å². The van der Waals surface area contributed by atoms with Crippen LogP contribution in [-0.2, 0) is 30.4 Å². The van der Waals surface area contributed by atoms with E-state index in [-0.39, 0.29) is 43.2 Å². The molecule has 4 N–H and O–H groups in total. The Morgan fingerprint density at radius 2 is 1.55 bits per heavy atom. The van der Waals surface area contributed by atoms with Gasteiger partial charge in [0.1, 0.15) is 23.9 Å². The molecule has 0 radical (unpaired) electrons. The molecule has 0 unspecified atom stereocenters. The largest absolute Gasteiger partial charge is 0.497 e. The van der Waals surface area contributed by atoms with Crippen molar-refractivity contribution >= 4 is 29.5 Å². The third-order valence-electron chi connectivity index (χ3n) is 7.99. The molecule has 1 aromatic rings. The SMILES string of the molecule is COc1ccc(C[C@@H]2NC(=O)[C@H](CC(C)C)NC(=O)CN(C(=O)C3CCC3)C[C@H](C(C)C)NC(=O)[C@@H](C)NC2=O)cc1. The molecular weight excluding hydrogens is 538 g/mol. The van der Waals surface area contributed by atoms with Gasteiger partial charge in [-0.15, -0.1) is 0 Å². The first kappa shape index (κ1) is 32.9. The summed E-state index contributed by atoms with van der Waals surface area (Å²) in [5.74, 6) is -1.49. The van der Waals surface area contributed by atoms with Crippen molar-refractivity contribution in [2.75, 3.05) is 20.2 Å². The summed E-state index contributed by atoms with van der Waals surface area (Å²) in [7, 11) is 1.56. The predicted octanol–water partition coefficient (Wildman–Crippen LogP) is 1.54. The number of methoxy groups -OCH3 is 1. The first-order valence-electron chi connectivity index (χ1n) is 15.0. The molecule has 0 spiro atoms. The van der Waals surface area contributed by atoms with Gasteiger partial charge in [-0.05, 0) is 55.7 Å². The van der Waals surface area contributed by atoms with E-state index in [1.54, 1.807) is 38.3 Å². The predicted molar refractivity (Wildman–Crippen MR) is 158 cm³/mol. The van der Waals surface area contributed by atoms with Crippen LogP contribution >= 0.6 is 0 Å². The average Bonchev–Trinajstić information content (AvgIpc) is 2.89. The fraction of sp³-hybridized carbons (Fsp3) is 0.645. The summed E-state index contributed by atoms with van der Waals surface area (Å²) in [5.41, 5.74) is 0.778. The van der Waals surface area contributed by atoms with E-state index in [2.05, 4.69) is 21.3 Å². The van der Waals surface area contributed by atoms with Gasteiger partial charge in [-0.2, -0.15) is 0 Å². The molecule has 5 amide bonds. The van der Waals surface area contributed by atoms with Gasteiger partial charge in [-0.1, -0.05) is 46.2 Å². The van der Waals surface area contributed by atoms with Crippen LogP contribution in [0.3, 0.4) is 0 Å². The van der Waals surface area contributed by atoms with Gasteiger partial charge in [0.25, 0.3) is 0 Å². The van der Waals surface area contributed by atoms with Crippen LogP contribution in [0.5, 0.6) is 5.75 Å². The second-order valence-electron chi connectivity index (χ2n) is 12.3. The minimum atomic E-state index is -1.00. The lowest BCUT2D eigenvalue weighted by Crippen LogP contribution is -2.57. The van der Waals surface area contributed by atoms with Gasteiger partial charge < -0.3 is 30.9 Å². The molecule has 1 heterocycles. The van der Waals surface area contributed by atoms with Crippen LogP contribution in [0.2, 0.25) is 0 Å². The van der Waals surface area contributed by atoms with E-state index in [1.165, 1.54) is 4.90 Å². The van der Waals surface area contributed by atoms with Gasteiger partial charge in [0.2, 0.25) is 29.5 Å². The molecule has 4 atom stereocenters. The highest BCUT2D eigenvalue weighted by molar-refractivity contribution is 5.95. The number of ether oxygens (including phenoxy) is 1. The first-order valence-corrected chi connectivity index (χ1v) is 15.0. The van der Waals surface area contributed by atoms with E-state index in [4.69, 9.17) is 4.74 Å². The van der Waals surface area contributed by atoms with Crippen LogP contribution < -0.4 is 26.0 Å². The van der Waals surface area contributed by atoms with Crippen molar-refractivity contribution in [3.8, 4) is 5.75 Å². The van der Waals surface area contributed by atoms with Gasteiger partial charge in [0.15, 0.2) is 0 Å². The van der Waals surface area contributed by atoms with E-state index < -0.39 is 47.8 Å². The van der Waals surface area contributed by atoms with Crippen LogP contribution in [0.4, 0.5) is 0 Å². The number of nitrogens with one attached hydrogen (secondary N) is 4. The molecular formula is C31H47N5O6. The fourth-order valence-electron chi connectivity index (χ4n) is 5.09. The number of benzene rings is 1. The summed E-state index contributed by atoms with van der Waals surface area (Å²) in [6.45, 7) is 9.25. The maximum Gasteiger partial charge on any atom is 0.243 e. The Hall–Kier alpha value is -3.63. The molecule has 232 valence electrons. The molecule has 1 saturated carbocycles. The molecule has 3 rings (SSSR count). The molecule has 2 aliphatic rings. The monoisotopic (exact) mass is 585 g/mol. The van der Waals surface area contributed by atoms with Crippen LogP contribution in [0.25, 0.3) is 0 Å². The minimum absolute atomic E-state index is 0.0490. The Morgan fingerprint density at radius 1 is 0.905 bits per heavy atom. The Bertz CT molecular complexity index is 1120. The lowest BCUT2D eigenvalue weighted by molar-refractivity contribution is -0.143. The topological polar surface area (TPSA) is 146 Å². The Kier molecular flexibility index (Phi) is 11.8. The zero-order valence-electron chi connectivity index (χ0n) is 25.7. The first-order chi connectivity index (χ1) is 19.9. The van der Waals surface area contributed by atoms with E-state index in [9.17, 15) is 24.0 Å². The third-order valence-corrected chi connectivity index (χ3v) is 7.99. The number of rotatable bonds is 7. The van der Waals surface area contributed by atoms with Crippen LogP contribution in [0, 0.1) is 17.8 Å². The molecule has 1 aromatic carbocycles. The molecule has 1 saturated heterocycles. The van der Waals surface area contributed by atoms with Gasteiger partial charge in [0, 0.05) is 24.9 Å². The van der Waals surface area contributed by atoms with Crippen molar-refractivity contribution in [2.45, 2.75) is 90.9 Å². The van der Waals surface area contributed by atoms with Crippen molar-refractivity contribution in [2.24, 2.45) is 17.8 Å². The zero-order valence-corrected chi connectivity index (χ0v) is 25.7. The Morgan fingerprint density at radius 3 is 2.10 bits per heavy atom. The fourth-order valence-corrected chi connectivity index (χ4v) is 5.09. The van der Waals surface area contributed by atoms with Gasteiger partial charge in [-0.25, -0.2) is 0 Å². The number of amides is 5. The van der Waals surface area contributed by atoms with Crippen molar-refractivity contribution in [1.82, 2.24) is 26.2 Å². The molecule has 1 aliphatic heterocycles. The van der Waals surface area contributed by atoms with E-state index in [0.29, 0.717) is 12.2 Å². The lowest BCUT2D eigenvalue weighted by atomic mass is 9.84. The van der Waals surface area contributed by atoms with Gasteiger partial charge >= 0.3 is 0 Å². The molecule has 0 bridgehead atoms. The second-order valence-corrected chi connectivity index (χ2v) is 12.3. The van der Waals surface area contributed by atoms with E-state index in [1.807, 2.05) is 27.7 Å². The van der Waals surface area contributed by atoms with Crippen molar-refractivity contribution < 1.29 is 28.7 Å². The maximum atomic E-state index is 13.6. The highest BCUT2D eigenvalue weighted by Crippen LogP contribution is 2.28. The second kappa shape index (κ2) is 15.0. The van der Waals surface area contributed by atoms with Crippen molar-refractivity contribution in [3.63, 3.8) is 0 Å². The number of hydrogen-bond acceptors (Lipinski definition) is 6. The minimum Gasteiger partial charge on any atom is -0.497 e. The summed E-state index contributed by atoms with van der Waals surface area (Å²) in [6.07, 6.45) is 3.01. The van der Waals surface area contributed by atoms with Crippen LogP contribution in [-0.4, -0.2) is 78.8 Å². The Labute approximate surface area is 248 Å². The van der Waals surface area contributed by atoms with Gasteiger partial charge in [0.05, 0.1) is 13.7 Å². The lowest BCUT2D eigenvalue weighted by Gasteiger charge is -2.35. The average molecular weight is 586 g/mol. The summed E-state index contributed by atoms with van der Waals surface area (Å²) in [6, 6.07) is 3.88. The molecule has 42 heavy (non-hydrogen) atoms.